The maximum absolute atomic E-state index is 12.2. The molecule has 0 aliphatic carbocycles. The topological polar surface area (TPSA) is 68.7 Å². The van der Waals surface area contributed by atoms with Crippen molar-refractivity contribution in [3.8, 4) is 0 Å². The molecule has 6 nitrogen and oxygen atoms in total. The third-order valence-electron chi connectivity index (χ3n) is 3.92. The monoisotopic (exact) mass is 394 g/mol. The predicted molar refractivity (Wildman–Crippen MR) is 100 cm³/mol. The number of nitrogens with zero attached hydrogens (tertiary/aromatic N) is 2. The molecule has 0 aromatic carbocycles. The average molecular weight is 395 g/mol. The van der Waals surface area contributed by atoms with Gasteiger partial charge in [-0.05, 0) is 38.1 Å². The summed E-state index contributed by atoms with van der Waals surface area (Å²) in [6.07, 6.45) is 1.78. The summed E-state index contributed by atoms with van der Waals surface area (Å²) in [6, 6.07) is 6.78. The van der Waals surface area contributed by atoms with Crippen LogP contribution in [0.2, 0.25) is 4.34 Å². The molecule has 0 bridgehead atoms. The van der Waals surface area contributed by atoms with Crippen LogP contribution in [0.3, 0.4) is 0 Å². The third-order valence-corrected chi connectivity index (χ3v) is 5.19. The second kappa shape index (κ2) is 8.16. The molecule has 3 rings (SSSR count). The number of Topliss-reactive ketones (excluding diaryl/α,β-unsaturated/α-hetero) is 1. The van der Waals surface area contributed by atoms with E-state index in [0.717, 1.165) is 30.1 Å². The van der Waals surface area contributed by atoms with Gasteiger partial charge in [0.05, 0.1) is 21.4 Å². The summed E-state index contributed by atoms with van der Waals surface area (Å²) in [5.74, 6) is -0.917. The van der Waals surface area contributed by atoms with Gasteiger partial charge in [-0.1, -0.05) is 11.6 Å². The average Bonchev–Trinajstić information content (AvgIpc) is 3.05. The maximum atomic E-state index is 12.2. The van der Waals surface area contributed by atoms with E-state index >= 15 is 0 Å². The zero-order chi connectivity index (χ0) is 18.7. The van der Waals surface area contributed by atoms with Crippen LogP contribution >= 0.6 is 22.9 Å². The number of ether oxygens (including phenoxy) is 2. The van der Waals surface area contributed by atoms with Crippen molar-refractivity contribution in [1.82, 2.24) is 4.98 Å². The Labute approximate surface area is 160 Å². The first-order valence-corrected chi connectivity index (χ1v) is 9.44. The molecular formula is C18H19ClN2O4S. The van der Waals surface area contributed by atoms with E-state index in [1.807, 2.05) is 19.9 Å². The molecule has 1 aliphatic heterocycles. The van der Waals surface area contributed by atoms with Crippen molar-refractivity contribution in [3.63, 3.8) is 0 Å². The standard InChI is InChI=1S/C18H19ClN2O4S/c1-11-8-21(9-12(2)25-11)13-5-6-20-14(7-13)18(23)24-10-15(22)16-3-4-17(19)26-16/h3-7,11-12H,8-10H2,1-2H3. The molecular weight excluding hydrogens is 376 g/mol. The predicted octanol–water partition coefficient (Wildman–Crippen LogP) is 3.45. The number of carbonyl (C=O) groups excluding carboxylic acids is 2. The number of thiophene rings is 1. The Morgan fingerprint density at radius 1 is 1.31 bits per heavy atom. The van der Waals surface area contributed by atoms with Crippen molar-refractivity contribution in [2.24, 2.45) is 0 Å². The van der Waals surface area contributed by atoms with Crippen LogP contribution in [-0.2, 0) is 9.47 Å². The minimum atomic E-state index is -0.628. The molecule has 2 aromatic heterocycles. The van der Waals surface area contributed by atoms with Crippen LogP contribution in [0.5, 0.6) is 0 Å². The van der Waals surface area contributed by atoms with Gasteiger partial charge in [-0.2, -0.15) is 0 Å². The lowest BCUT2D eigenvalue weighted by Crippen LogP contribution is -2.45. The van der Waals surface area contributed by atoms with Gasteiger partial charge in [0.25, 0.3) is 0 Å². The van der Waals surface area contributed by atoms with Gasteiger partial charge in [-0.3, -0.25) is 4.79 Å². The van der Waals surface area contributed by atoms with E-state index in [2.05, 4.69) is 9.88 Å². The smallest absolute Gasteiger partial charge is 0.357 e. The van der Waals surface area contributed by atoms with Gasteiger partial charge in [-0.15, -0.1) is 11.3 Å². The summed E-state index contributed by atoms with van der Waals surface area (Å²) < 4.78 is 11.4. The van der Waals surface area contributed by atoms with Gasteiger partial charge in [0.2, 0.25) is 5.78 Å². The van der Waals surface area contributed by atoms with Crippen LogP contribution in [0, 0.1) is 0 Å². The largest absolute Gasteiger partial charge is 0.453 e. The molecule has 0 spiro atoms. The Hall–Kier alpha value is -1.96. The highest BCUT2D eigenvalue weighted by atomic mass is 35.5. The molecule has 0 amide bonds. The zero-order valence-corrected chi connectivity index (χ0v) is 16.0. The van der Waals surface area contributed by atoms with Crippen molar-refractivity contribution < 1.29 is 19.1 Å². The summed E-state index contributed by atoms with van der Waals surface area (Å²) in [6.45, 7) is 5.16. The van der Waals surface area contributed by atoms with Crippen molar-refractivity contribution in [3.05, 3.63) is 45.4 Å². The number of morpholine rings is 1. The van der Waals surface area contributed by atoms with Crippen LogP contribution < -0.4 is 4.90 Å². The van der Waals surface area contributed by atoms with Gasteiger partial charge in [0.1, 0.15) is 5.69 Å². The van der Waals surface area contributed by atoms with Crippen LogP contribution in [0.25, 0.3) is 0 Å². The summed E-state index contributed by atoms with van der Waals surface area (Å²) in [5.41, 5.74) is 1.05. The Kier molecular flexibility index (Phi) is 5.90. The highest BCUT2D eigenvalue weighted by Crippen LogP contribution is 2.23. The summed E-state index contributed by atoms with van der Waals surface area (Å²) in [5, 5.41) is 0. The lowest BCUT2D eigenvalue weighted by atomic mass is 10.2. The van der Waals surface area contributed by atoms with Crippen molar-refractivity contribution >= 4 is 40.4 Å². The fraction of sp³-hybridized carbons (Fsp3) is 0.389. The van der Waals surface area contributed by atoms with Crippen LogP contribution in [-0.4, -0.2) is 48.6 Å². The third kappa shape index (κ3) is 4.60. The lowest BCUT2D eigenvalue weighted by Gasteiger charge is -2.36. The first-order valence-electron chi connectivity index (χ1n) is 8.24. The molecule has 1 fully saturated rings. The zero-order valence-electron chi connectivity index (χ0n) is 14.5. The first kappa shape index (κ1) is 18.8. The molecule has 1 saturated heterocycles. The molecule has 0 radical (unpaired) electrons. The minimum Gasteiger partial charge on any atom is -0.453 e. The number of hydrogen-bond donors (Lipinski definition) is 0. The molecule has 26 heavy (non-hydrogen) atoms. The number of aromatic nitrogens is 1. The molecule has 138 valence electrons. The van der Waals surface area contributed by atoms with Gasteiger partial charge >= 0.3 is 5.97 Å². The maximum Gasteiger partial charge on any atom is 0.357 e. The molecule has 1 aliphatic rings. The fourth-order valence-corrected chi connectivity index (χ4v) is 3.82. The molecule has 2 unspecified atom stereocenters. The van der Waals surface area contributed by atoms with Crippen LogP contribution in [0.4, 0.5) is 5.69 Å². The number of anilines is 1. The molecule has 2 atom stereocenters. The van der Waals surface area contributed by atoms with Crippen molar-refractivity contribution in [2.45, 2.75) is 26.1 Å². The molecule has 8 heteroatoms. The lowest BCUT2D eigenvalue weighted by molar-refractivity contribution is -0.00522. The fourth-order valence-electron chi connectivity index (χ4n) is 2.86. The van der Waals surface area contributed by atoms with E-state index in [1.165, 1.54) is 0 Å². The first-order chi connectivity index (χ1) is 12.4. The number of halogens is 1. The molecule has 3 heterocycles. The Balaban J connectivity index is 1.63. The number of rotatable bonds is 5. The minimum absolute atomic E-state index is 0.109. The van der Waals surface area contributed by atoms with Crippen LogP contribution in [0.1, 0.15) is 34.0 Å². The van der Waals surface area contributed by atoms with E-state index in [-0.39, 0.29) is 30.3 Å². The molecule has 2 aromatic rings. The highest BCUT2D eigenvalue weighted by Gasteiger charge is 2.23. The molecule has 0 saturated carbocycles. The van der Waals surface area contributed by atoms with Crippen molar-refractivity contribution in [1.29, 1.82) is 0 Å². The Morgan fingerprint density at radius 3 is 2.69 bits per heavy atom. The second-order valence-corrected chi connectivity index (χ2v) is 7.88. The van der Waals surface area contributed by atoms with E-state index in [0.29, 0.717) is 9.21 Å². The molecule has 0 N–H and O–H groups in total. The SMILES string of the molecule is CC1CN(c2ccnc(C(=O)OCC(=O)c3ccc(Cl)s3)c2)CC(C)O1. The van der Waals surface area contributed by atoms with Crippen LogP contribution in [0.15, 0.2) is 30.5 Å². The number of pyridine rings is 1. The number of hydrogen-bond acceptors (Lipinski definition) is 7. The number of carbonyl (C=O) groups is 2. The van der Waals surface area contributed by atoms with Gasteiger partial charge in [0.15, 0.2) is 6.61 Å². The summed E-state index contributed by atoms with van der Waals surface area (Å²) in [4.78, 5) is 30.9. The quantitative estimate of drug-likeness (QED) is 0.571. The number of ketones is 1. The van der Waals surface area contributed by atoms with E-state index in [4.69, 9.17) is 21.1 Å². The van der Waals surface area contributed by atoms with Gasteiger partial charge < -0.3 is 14.4 Å². The normalized spacial score (nSPS) is 20.0. The van der Waals surface area contributed by atoms with E-state index < -0.39 is 5.97 Å². The van der Waals surface area contributed by atoms with Crippen molar-refractivity contribution in [2.75, 3.05) is 24.6 Å². The van der Waals surface area contributed by atoms with E-state index in [1.54, 1.807) is 24.4 Å². The Bertz CT molecular complexity index is 800. The summed E-state index contributed by atoms with van der Waals surface area (Å²) >= 11 is 6.97. The van der Waals surface area contributed by atoms with E-state index in [9.17, 15) is 9.59 Å². The highest BCUT2D eigenvalue weighted by molar-refractivity contribution is 7.18. The summed E-state index contributed by atoms with van der Waals surface area (Å²) in [7, 11) is 0. The van der Waals surface area contributed by atoms with Gasteiger partial charge in [-0.25, -0.2) is 9.78 Å². The van der Waals surface area contributed by atoms with Gasteiger partial charge in [0, 0.05) is 25.0 Å². The number of esters is 1. The Morgan fingerprint density at radius 2 is 2.04 bits per heavy atom. The second-order valence-electron chi connectivity index (χ2n) is 6.16.